The molecule has 2 aliphatic rings. The Morgan fingerprint density at radius 2 is 1.91 bits per heavy atom. The molecule has 0 radical (unpaired) electrons. The number of aromatic nitrogens is 1. The van der Waals surface area contributed by atoms with Crippen LogP contribution in [-0.4, -0.2) is 17.5 Å². The molecule has 1 fully saturated rings. The van der Waals surface area contributed by atoms with Crippen LogP contribution in [0.15, 0.2) is 66.9 Å². The Morgan fingerprint density at radius 1 is 1.12 bits per heavy atom. The van der Waals surface area contributed by atoms with Crippen LogP contribution in [0.3, 0.4) is 0 Å². The van der Waals surface area contributed by atoms with Crippen LogP contribution in [0.1, 0.15) is 69.9 Å². The molecule has 3 aromatic rings. The van der Waals surface area contributed by atoms with Crippen LogP contribution < -0.4 is 5.32 Å². The van der Waals surface area contributed by atoms with Crippen LogP contribution in [0, 0.1) is 11.3 Å². The number of rotatable bonds is 5. The van der Waals surface area contributed by atoms with Gasteiger partial charge in [0.15, 0.2) is 0 Å². The van der Waals surface area contributed by atoms with Crippen molar-refractivity contribution >= 4 is 5.91 Å². The lowest BCUT2D eigenvalue weighted by atomic mass is 9.68. The molecular weight excluding hydrogens is 410 g/mol. The Kier molecular flexibility index (Phi) is 5.70. The Balaban J connectivity index is 1.22. The van der Waals surface area contributed by atoms with Gasteiger partial charge in [0.25, 0.3) is 5.91 Å². The van der Waals surface area contributed by atoms with Crippen molar-refractivity contribution in [2.75, 3.05) is 6.61 Å². The van der Waals surface area contributed by atoms with E-state index in [2.05, 4.69) is 58.8 Å². The Hall–Kier alpha value is -3.49. The fourth-order valence-electron chi connectivity index (χ4n) is 4.90. The number of carbonyl (C=O) groups excluding carboxylic acids is 1. The Morgan fingerprint density at radius 3 is 2.70 bits per heavy atom. The number of nitriles is 1. The molecule has 1 atom stereocenters. The molecule has 1 aliphatic heterocycles. The standard InChI is InChI=1S/C28H27N3O2/c1-28(17-29)18-33-16-22-8-7-21(14-26(22)28)27(32)31-15-25-13-20(9-10-30-25)24-11-23(12-24)19-5-3-2-4-6-19/h2-10,13-14,23-24H,11-12,15-16,18H2,1H3,(H,31,32)/t23-,24-,28-/m1/s1. The first kappa shape index (κ1) is 21.4. The van der Waals surface area contributed by atoms with Crippen LogP contribution in [-0.2, 0) is 23.3 Å². The summed E-state index contributed by atoms with van der Waals surface area (Å²) in [5.41, 5.74) is 5.22. The smallest absolute Gasteiger partial charge is 0.251 e. The number of hydrogen-bond acceptors (Lipinski definition) is 4. The average molecular weight is 438 g/mol. The van der Waals surface area contributed by atoms with Crippen LogP contribution in [0.4, 0.5) is 0 Å². The van der Waals surface area contributed by atoms with Crippen molar-refractivity contribution in [2.45, 2.75) is 50.2 Å². The highest BCUT2D eigenvalue weighted by atomic mass is 16.5. The number of amides is 1. The van der Waals surface area contributed by atoms with Crippen molar-refractivity contribution in [2.24, 2.45) is 0 Å². The normalized spacial score (nSPS) is 23.6. The van der Waals surface area contributed by atoms with E-state index < -0.39 is 5.41 Å². The topological polar surface area (TPSA) is 75.0 Å². The lowest BCUT2D eigenvalue weighted by Gasteiger charge is -2.36. The van der Waals surface area contributed by atoms with E-state index in [1.165, 1.54) is 11.1 Å². The quantitative estimate of drug-likeness (QED) is 0.611. The molecule has 1 N–H and O–H groups in total. The summed E-state index contributed by atoms with van der Waals surface area (Å²) < 4.78 is 5.55. The fourth-order valence-corrected chi connectivity index (χ4v) is 4.90. The van der Waals surface area contributed by atoms with E-state index in [1.807, 2.05) is 25.3 Å². The predicted octanol–water partition coefficient (Wildman–Crippen LogP) is 4.98. The zero-order chi connectivity index (χ0) is 22.8. The second-order valence-electron chi connectivity index (χ2n) is 9.35. The summed E-state index contributed by atoms with van der Waals surface area (Å²) in [6, 6.07) is 22.7. The molecule has 1 amide bonds. The maximum absolute atomic E-state index is 12.8. The highest BCUT2D eigenvalue weighted by Gasteiger charge is 2.34. The number of nitrogens with one attached hydrogen (secondary N) is 1. The lowest BCUT2D eigenvalue weighted by Crippen LogP contribution is -2.33. The zero-order valence-electron chi connectivity index (χ0n) is 18.8. The maximum atomic E-state index is 12.8. The van der Waals surface area contributed by atoms with Gasteiger partial charge in [-0.25, -0.2) is 0 Å². The Labute approximate surface area is 194 Å². The predicted molar refractivity (Wildman–Crippen MR) is 126 cm³/mol. The highest BCUT2D eigenvalue weighted by molar-refractivity contribution is 5.94. The molecule has 2 aromatic carbocycles. The minimum atomic E-state index is -0.736. The van der Waals surface area contributed by atoms with Gasteiger partial charge in [0.1, 0.15) is 5.41 Å². The van der Waals surface area contributed by atoms with Crippen molar-refractivity contribution < 1.29 is 9.53 Å². The number of carbonyl (C=O) groups is 1. The number of fused-ring (bicyclic) bond motifs is 1. The molecule has 5 heteroatoms. The van der Waals surface area contributed by atoms with Gasteiger partial charge in [-0.05, 0) is 78.1 Å². The van der Waals surface area contributed by atoms with Gasteiger partial charge in [-0.2, -0.15) is 5.26 Å². The van der Waals surface area contributed by atoms with Gasteiger partial charge in [-0.15, -0.1) is 0 Å². The minimum Gasteiger partial charge on any atom is -0.375 e. The third-order valence-corrected chi connectivity index (χ3v) is 7.01. The summed E-state index contributed by atoms with van der Waals surface area (Å²) in [5.74, 6) is 1.00. The van der Waals surface area contributed by atoms with E-state index in [1.54, 1.807) is 6.07 Å². The summed E-state index contributed by atoms with van der Waals surface area (Å²) >= 11 is 0. The van der Waals surface area contributed by atoms with Crippen molar-refractivity contribution in [1.82, 2.24) is 10.3 Å². The second kappa shape index (κ2) is 8.80. The summed E-state index contributed by atoms with van der Waals surface area (Å²) in [6.07, 6.45) is 4.14. The summed E-state index contributed by atoms with van der Waals surface area (Å²) in [7, 11) is 0. The zero-order valence-corrected chi connectivity index (χ0v) is 18.8. The van der Waals surface area contributed by atoms with Crippen LogP contribution in [0.2, 0.25) is 0 Å². The molecule has 0 saturated heterocycles. The molecule has 2 heterocycles. The van der Waals surface area contributed by atoms with E-state index >= 15 is 0 Å². The van der Waals surface area contributed by atoms with Gasteiger partial charge >= 0.3 is 0 Å². The summed E-state index contributed by atoms with van der Waals surface area (Å²) in [5, 5.41) is 12.6. The van der Waals surface area contributed by atoms with Gasteiger partial charge in [0, 0.05) is 11.8 Å². The fraction of sp³-hybridized carbons (Fsp3) is 0.321. The van der Waals surface area contributed by atoms with E-state index in [0.717, 1.165) is 29.7 Å². The second-order valence-corrected chi connectivity index (χ2v) is 9.35. The molecule has 1 aliphatic carbocycles. The number of ether oxygens (including phenoxy) is 1. The first-order chi connectivity index (χ1) is 16.1. The lowest BCUT2D eigenvalue weighted by molar-refractivity contribution is 0.0757. The molecular formula is C28H27N3O2. The number of hydrogen-bond donors (Lipinski definition) is 1. The van der Waals surface area contributed by atoms with E-state index in [-0.39, 0.29) is 5.91 Å². The van der Waals surface area contributed by atoms with Gasteiger partial charge < -0.3 is 10.1 Å². The molecule has 33 heavy (non-hydrogen) atoms. The third kappa shape index (κ3) is 4.27. The first-order valence-electron chi connectivity index (χ1n) is 11.5. The minimum absolute atomic E-state index is 0.162. The largest absolute Gasteiger partial charge is 0.375 e. The van der Waals surface area contributed by atoms with Crippen molar-refractivity contribution in [3.8, 4) is 6.07 Å². The monoisotopic (exact) mass is 437 g/mol. The van der Waals surface area contributed by atoms with Gasteiger partial charge in [0.2, 0.25) is 0 Å². The van der Waals surface area contributed by atoms with Gasteiger partial charge in [-0.3, -0.25) is 9.78 Å². The third-order valence-electron chi connectivity index (χ3n) is 7.01. The van der Waals surface area contributed by atoms with Crippen molar-refractivity contribution in [3.63, 3.8) is 0 Å². The molecule has 5 nitrogen and oxygen atoms in total. The van der Waals surface area contributed by atoms with Crippen LogP contribution in [0.5, 0.6) is 0 Å². The first-order valence-corrected chi connectivity index (χ1v) is 11.5. The molecule has 1 aromatic heterocycles. The van der Waals surface area contributed by atoms with Crippen LogP contribution >= 0.6 is 0 Å². The number of benzene rings is 2. The SMILES string of the molecule is C[C@@]1(C#N)COCc2ccc(C(=O)NCc3cc([C@H]4C[C@H](c5ccccc5)C4)ccn3)cc21. The number of pyridine rings is 1. The van der Waals surface area contributed by atoms with Crippen molar-refractivity contribution in [1.29, 1.82) is 5.26 Å². The van der Waals surface area contributed by atoms with E-state index in [9.17, 15) is 10.1 Å². The molecule has 0 unspecified atom stereocenters. The molecule has 0 bridgehead atoms. The van der Waals surface area contributed by atoms with E-state index in [0.29, 0.717) is 37.2 Å². The number of nitrogens with zero attached hydrogens (tertiary/aromatic N) is 2. The molecule has 166 valence electrons. The Bertz CT molecular complexity index is 1210. The molecule has 5 rings (SSSR count). The van der Waals surface area contributed by atoms with Crippen LogP contribution in [0.25, 0.3) is 0 Å². The average Bonchev–Trinajstić information content (AvgIpc) is 2.83. The summed E-state index contributed by atoms with van der Waals surface area (Å²) in [4.78, 5) is 17.3. The molecule has 0 spiro atoms. The van der Waals surface area contributed by atoms with Crippen molar-refractivity contribution in [3.05, 3.63) is 100 Å². The van der Waals surface area contributed by atoms with Gasteiger partial charge in [0.05, 0.1) is 31.5 Å². The van der Waals surface area contributed by atoms with E-state index in [4.69, 9.17) is 4.74 Å². The summed E-state index contributed by atoms with van der Waals surface area (Å²) in [6.45, 7) is 3.03. The van der Waals surface area contributed by atoms with Gasteiger partial charge in [-0.1, -0.05) is 36.4 Å². The highest BCUT2D eigenvalue weighted by Crippen LogP contribution is 2.47. The molecule has 1 saturated carbocycles. The maximum Gasteiger partial charge on any atom is 0.251 e.